The van der Waals surface area contributed by atoms with Gasteiger partial charge in [0.1, 0.15) is 11.9 Å². The minimum Gasteiger partial charge on any atom is -0.497 e. The molecule has 2 heterocycles. The maximum Gasteiger partial charge on any atom is 0.303 e. The number of halogens is 2. The van der Waals surface area contributed by atoms with E-state index in [0.29, 0.717) is 30.1 Å². The lowest BCUT2D eigenvalue weighted by Gasteiger charge is -2.39. The fourth-order valence-corrected chi connectivity index (χ4v) is 5.88. The topological polar surface area (TPSA) is 62.7 Å². The van der Waals surface area contributed by atoms with Crippen LogP contribution in [0.15, 0.2) is 54.7 Å². The summed E-state index contributed by atoms with van der Waals surface area (Å²) >= 11 is 5.98. The van der Waals surface area contributed by atoms with Crippen molar-refractivity contribution in [1.82, 2.24) is 9.88 Å². The number of unbranched alkanes of at least 4 members (excludes halogenated alkanes) is 1. The summed E-state index contributed by atoms with van der Waals surface area (Å²) in [5, 5.41) is 10.9. The molecule has 7 heteroatoms. The Kier molecular flexibility index (Phi) is 10.4. The Labute approximate surface area is 230 Å². The lowest BCUT2D eigenvalue weighted by Crippen LogP contribution is -2.41. The third-order valence-corrected chi connectivity index (χ3v) is 8.17. The second kappa shape index (κ2) is 13.9. The van der Waals surface area contributed by atoms with E-state index in [1.807, 2.05) is 30.3 Å². The number of likely N-dealkylation sites (tertiary alicyclic amines) is 1. The Hall–Kier alpha value is -2.70. The summed E-state index contributed by atoms with van der Waals surface area (Å²) in [4.78, 5) is 18.2. The molecule has 1 aromatic heterocycles. The lowest BCUT2D eigenvalue weighted by molar-refractivity contribution is -0.137. The molecule has 0 aliphatic carbocycles. The van der Waals surface area contributed by atoms with E-state index in [1.165, 1.54) is 5.56 Å². The molecule has 1 fully saturated rings. The van der Waals surface area contributed by atoms with Gasteiger partial charge in [0, 0.05) is 29.6 Å². The first-order valence-electron chi connectivity index (χ1n) is 13.7. The van der Waals surface area contributed by atoms with Crippen LogP contribution in [0.4, 0.5) is 4.39 Å². The maximum absolute atomic E-state index is 15.6. The molecule has 3 aromatic rings. The molecule has 0 radical (unpaired) electrons. The van der Waals surface area contributed by atoms with Crippen molar-refractivity contribution < 1.29 is 19.0 Å². The summed E-state index contributed by atoms with van der Waals surface area (Å²) in [6.07, 6.45) is 6.78. The summed E-state index contributed by atoms with van der Waals surface area (Å²) in [5.41, 5.74) is 2.71. The molecule has 0 saturated carbocycles. The molecule has 1 aliphatic heterocycles. The number of nitrogens with zero attached hydrogens (tertiary/aromatic N) is 2. The number of fused-ring (bicyclic) bond motifs is 1. The van der Waals surface area contributed by atoms with Crippen molar-refractivity contribution in [2.24, 2.45) is 11.8 Å². The number of carboxylic acids is 1. The molecule has 0 amide bonds. The first-order valence-corrected chi connectivity index (χ1v) is 14.1. The van der Waals surface area contributed by atoms with Crippen molar-refractivity contribution in [2.75, 3.05) is 26.7 Å². The monoisotopic (exact) mass is 540 g/mol. The fraction of sp³-hybridized carbons (Fsp3) is 0.484. The summed E-state index contributed by atoms with van der Waals surface area (Å²) < 4.78 is 20.9. The zero-order valence-corrected chi connectivity index (χ0v) is 22.9. The van der Waals surface area contributed by atoms with Crippen molar-refractivity contribution >= 4 is 28.5 Å². The first kappa shape index (κ1) is 28.3. The molecule has 0 bridgehead atoms. The standard InChI is InChI=1S/C31H38ClFN2O3/c1-38-26-11-13-30-28(20-26)27(15-17-34-30)29(33)12-7-23-16-19-35(21-24(23)8-14-31(36)37)18-3-2-4-22-5-9-25(32)10-6-22/h5-6,9-11,13,15,17,20,23-24,29H,2-4,7-8,12,14,16,18-19,21H2,1H3,(H,36,37)/t23?,24?,29-/m0/s1. The summed E-state index contributed by atoms with van der Waals surface area (Å²) in [5.74, 6) is 0.538. The van der Waals surface area contributed by atoms with Gasteiger partial charge in [-0.25, -0.2) is 4.39 Å². The quantitative estimate of drug-likeness (QED) is 0.227. The third-order valence-electron chi connectivity index (χ3n) is 7.92. The van der Waals surface area contributed by atoms with E-state index in [4.69, 9.17) is 16.3 Å². The van der Waals surface area contributed by atoms with Crippen LogP contribution in [0.25, 0.3) is 10.9 Å². The van der Waals surface area contributed by atoms with Crippen molar-refractivity contribution in [3.63, 3.8) is 0 Å². The molecule has 0 spiro atoms. The number of aromatic nitrogens is 1. The van der Waals surface area contributed by atoms with E-state index < -0.39 is 12.1 Å². The molecule has 4 rings (SSSR count). The molecule has 1 N–H and O–H groups in total. The number of carboxylic acid groups (broad SMARTS) is 1. The molecule has 1 aliphatic rings. The molecule has 1 saturated heterocycles. The van der Waals surface area contributed by atoms with E-state index in [9.17, 15) is 9.90 Å². The predicted molar refractivity (Wildman–Crippen MR) is 151 cm³/mol. The minimum atomic E-state index is -1.10. The molecule has 204 valence electrons. The Morgan fingerprint density at radius 3 is 2.74 bits per heavy atom. The van der Waals surface area contributed by atoms with Crippen LogP contribution in [0.3, 0.4) is 0 Å². The Balaban J connectivity index is 1.31. The summed E-state index contributed by atoms with van der Waals surface area (Å²) in [6, 6.07) is 15.3. The number of methoxy groups -OCH3 is 1. The number of hydrogen-bond acceptors (Lipinski definition) is 4. The van der Waals surface area contributed by atoms with Gasteiger partial charge < -0.3 is 14.7 Å². The highest BCUT2D eigenvalue weighted by Crippen LogP contribution is 2.36. The van der Waals surface area contributed by atoms with Crippen LogP contribution >= 0.6 is 11.6 Å². The zero-order chi connectivity index (χ0) is 26.9. The van der Waals surface area contributed by atoms with Crippen molar-refractivity contribution in [3.05, 3.63) is 70.9 Å². The van der Waals surface area contributed by atoms with Gasteiger partial charge in [0.15, 0.2) is 0 Å². The Bertz CT molecular complexity index is 1190. The number of alkyl halides is 1. The van der Waals surface area contributed by atoms with Gasteiger partial charge in [-0.2, -0.15) is 0 Å². The molecule has 3 atom stereocenters. The minimum absolute atomic E-state index is 0.166. The summed E-state index contributed by atoms with van der Waals surface area (Å²) in [6.45, 7) is 2.90. The van der Waals surface area contributed by atoms with Crippen molar-refractivity contribution in [1.29, 1.82) is 0 Å². The smallest absolute Gasteiger partial charge is 0.303 e. The largest absolute Gasteiger partial charge is 0.497 e. The highest BCUT2D eigenvalue weighted by Gasteiger charge is 2.30. The van der Waals surface area contributed by atoms with E-state index in [0.717, 1.165) is 67.7 Å². The van der Waals surface area contributed by atoms with Gasteiger partial charge in [-0.05, 0) is 117 Å². The number of benzene rings is 2. The average molecular weight is 541 g/mol. The van der Waals surface area contributed by atoms with E-state index >= 15 is 4.39 Å². The molecule has 38 heavy (non-hydrogen) atoms. The zero-order valence-electron chi connectivity index (χ0n) is 22.1. The van der Waals surface area contributed by atoms with Crippen LogP contribution in [-0.4, -0.2) is 47.7 Å². The van der Waals surface area contributed by atoms with Gasteiger partial charge >= 0.3 is 5.97 Å². The number of ether oxygens (including phenoxy) is 1. The van der Waals surface area contributed by atoms with Crippen LogP contribution in [0.5, 0.6) is 5.75 Å². The number of aliphatic carboxylic acids is 1. The number of pyridine rings is 1. The van der Waals surface area contributed by atoms with Gasteiger partial charge in [0.2, 0.25) is 0 Å². The third kappa shape index (κ3) is 7.90. The van der Waals surface area contributed by atoms with Gasteiger partial charge in [-0.3, -0.25) is 9.78 Å². The average Bonchev–Trinajstić information content (AvgIpc) is 2.93. The van der Waals surface area contributed by atoms with E-state index in [1.54, 1.807) is 19.4 Å². The first-order chi connectivity index (χ1) is 18.4. The fourth-order valence-electron chi connectivity index (χ4n) is 5.75. The van der Waals surface area contributed by atoms with E-state index in [-0.39, 0.29) is 12.3 Å². The van der Waals surface area contributed by atoms with Crippen LogP contribution in [-0.2, 0) is 11.2 Å². The SMILES string of the molecule is COc1ccc2nccc([C@@H](F)CCC3CCN(CCCCc4ccc(Cl)cc4)CC3CCC(=O)O)c2c1. The highest BCUT2D eigenvalue weighted by atomic mass is 35.5. The second-order valence-electron chi connectivity index (χ2n) is 10.5. The predicted octanol–water partition coefficient (Wildman–Crippen LogP) is 7.51. The molecule has 2 aromatic carbocycles. The normalized spacial score (nSPS) is 18.9. The van der Waals surface area contributed by atoms with Crippen LogP contribution in [0.1, 0.15) is 62.2 Å². The second-order valence-corrected chi connectivity index (χ2v) is 10.9. The lowest BCUT2D eigenvalue weighted by atomic mass is 9.79. The Morgan fingerprint density at radius 1 is 1.16 bits per heavy atom. The van der Waals surface area contributed by atoms with Gasteiger partial charge in [-0.1, -0.05) is 23.7 Å². The molecular weight excluding hydrogens is 503 g/mol. The maximum atomic E-state index is 15.6. The Morgan fingerprint density at radius 2 is 1.97 bits per heavy atom. The highest BCUT2D eigenvalue weighted by molar-refractivity contribution is 6.30. The number of carbonyl (C=O) groups is 1. The number of rotatable bonds is 13. The van der Waals surface area contributed by atoms with Gasteiger partial charge in [0.05, 0.1) is 12.6 Å². The molecule has 5 nitrogen and oxygen atoms in total. The summed E-state index contributed by atoms with van der Waals surface area (Å²) in [7, 11) is 1.60. The number of piperidine rings is 1. The van der Waals surface area contributed by atoms with Crippen LogP contribution < -0.4 is 4.74 Å². The number of hydrogen-bond donors (Lipinski definition) is 1. The van der Waals surface area contributed by atoms with Gasteiger partial charge in [0.25, 0.3) is 0 Å². The molecule has 2 unspecified atom stereocenters. The van der Waals surface area contributed by atoms with Crippen molar-refractivity contribution in [3.8, 4) is 5.75 Å². The van der Waals surface area contributed by atoms with Gasteiger partial charge in [-0.15, -0.1) is 0 Å². The molecular formula is C31H38ClFN2O3. The van der Waals surface area contributed by atoms with Crippen LogP contribution in [0.2, 0.25) is 5.02 Å². The van der Waals surface area contributed by atoms with Crippen LogP contribution in [0, 0.1) is 11.8 Å². The van der Waals surface area contributed by atoms with E-state index in [2.05, 4.69) is 22.0 Å². The van der Waals surface area contributed by atoms with Crippen molar-refractivity contribution in [2.45, 2.75) is 57.5 Å². The number of aryl methyl sites for hydroxylation is 1.